The van der Waals surface area contributed by atoms with E-state index in [1.165, 1.54) is 10.6 Å². The molecule has 1 amide bonds. The summed E-state index contributed by atoms with van der Waals surface area (Å²) in [7, 11) is -1.36. The van der Waals surface area contributed by atoms with Crippen molar-refractivity contribution in [3.05, 3.63) is 47.0 Å². The first-order valence-corrected chi connectivity index (χ1v) is 9.88. The van der Waals surface area contributed by atoms with Crippen LogP contribution in [-0.4, -0.2) is 52.7 Å². The minimum Gasteiger partial charge on any atom is -0.352 e. The number of nitrogens with one attached hydrogen (secondary N) is 1. The summed E-state index contributed by atoms with van der Waals surface area (Å²) in [4.78, 5) is 15.9. The molecule has 1 aliphatic rings. The largest absolute Gasteiger partial charge is 0.352 e. The molecule has 0 unspecified atom stereocenters. The normalized spacial score (nSPS) is 15.0. The van der Waals surface area contributed by atoms with E-state index < -0.39 is 10.0 Å². The van der Waals surface area contributed by atoms with Gasteiger partial charge in [-0.2, -0.15) is 9.40 Å². The molecule has 0 aromatic carbocycles. The molecule has 2 aromatic heterocycles. The number of carbonyl (C=O) groups excluding carboxylic acids is 1. The number of hydrogen-bond acceptors (Lipinski definition) is 5. The van der Waals surface area contributed by atoms with E-state index >= 15 is 0 Å². The highest BCUT2D eigenvalue weighted by Crippen LogP contribution is 2.23. The number of hydrogen-bond donors (Lipinski definition) is 1. The quantitative estimate of drug-likeness (QED) is 0.813. The Labute approximate surface area is 146 Å². The molecule has 1 N–H and O–H groups in total. The molecule has 0 bridgehead atoms. The second-order valence-corrected chi connectivity index (χ2v) is 8.07. The van der Waals surface area contributed by atoms with Gasteiger partial charge in [-0.1, -0.05) is 0 Å². The average Bonchev–Trinajstić information content (AvgIpc) is 2.90. The zero-order valence-corrected chi connectivity index (χ0v) is 15.1. The fourth-order valence-electron chi connectivity index (χ4n) is 3.03. The molecule has 25 heavy (non-hydrogen) atoms. The van der Waals surface area contributed by atoms with Crippen LogP contribution in [0, 0.1) is 0 Å². The van der Waals surface area contributed by atoms with Crippen molar-refractivity contribution in [3.8, 4) is 0 Å². The van der Waals surface area contributed by atoms with Gasteiger partial charge in [0.2, 0.25) is 10.0 Å². The number of aryl methyl sites for hydroxylation is 1. The second-order valence-electron chi connectivity index (χ2n) is 6.08. The van der Waals surface area contributed by atoms with Crippen molar-refractivity contribution >= 4 is 15.9 Å². The monoisotopic (exact) mass is 363 g/mol. The molecule has 0 saturated heterocycles. The van der Waals surface area contributed by atoms with Crippen molar-refractivity contribution in [1.29, 1.82) is 0 Å². The minimum atomic E-state index is -3.23. The van der Waals surface area contributed by atoms with Crippen LogP contribution in [0.3, 0.4) is 0 Å². The molecule has 2 aromatic rings. The number of nitrogens with zero attached hydrogens (tertiary/aromatic N) is 4. The van der Waals surface area contributed by atoms with Crippen LogP contribution in [0.1, 0.15) is 27.3 Å². The highest BCUT2D eigenvalue weighted by molar-refractivity contribution is 7.88. The fraction of sp³-hybridized carbons (Fsp3) is 0.438. The number of pyridine rings is 1. The molecule has 0 fully saturated rings. The fourth-order valence-corrected chi connectivity index (χ4v) is 3.82. The van der Waals surface area contributed by atoms with Gasteiger partial charge in [0.1, 0.15) is 0 Å². The van der Waals surface area contributed by atoms with E-state index in [1.807, 2.05) is 11.7 Å². The van der Waals surface area contributed by atoms with Gasteiger partial charge in [0, 0.05) is 68.7 Å². The Balaban J connectivity index is 1.67. The van der Waals surface area contributed by atoms with Crippen molar-refractivity contribution in [1.82, 2.24) is 24.4 Å². The summed E-state index contributed by atoms with van der Waals surface area (Å²) < 4.78 is 26.9. The number of amides is 1. The van der Waals surface area contributed by atoms with Crippen LogP contribution < -0.4 is 5.32 Å². The first-order chi connectivity index (χ1) is 11.9. The second kappa shape index (κ2) is 6.93. The van der Waals surface area contributed by atoms with Crippen molar-refractivity contribution in [3.63, 3.8) is 0 Å². The average molecular weight is 363 g/mol. The third-order valence-corrected chi connectivity index (χ3v) is 5.60. The molecule has 0 aliphatic carbocycles. The van der Waals surface area contributed by atoms with Crippen LogP contribution in [0.25, 0.3) is 0 Å². The molecule has 0 atom stereocenters. The first-order valence-electron chi connectivity index (χ1n) is 8.03. The SMILES string of the molecule is Cn1nc(CCNC(=O)c2ccncc2)c2c1CCN(S(C)(=O)=O)C2. The number of aromatic nitrogens is 3. The third-order valence-electron chi connectivity index (χ3n) is 4.35. The van der Waals surface area contributed by atoms with Crippen LogP contribution >= 0.6 is 0 Å². The highest BCUT2D eigenvalue weighted by Gasteiger charge is 2.28. The van der Waals surface area contributed by atoms with Gasteiger partial charge in [0.15, 0.2) is 0 Å². The number of rotatable bonds is 5. The Morgan fingerprint density at radius 3 is 2.72 bits per heavy atom. The van der Waals surface area contributed by atoms with E-state index in [0.29, 0.717) is 38.0 Å². The van der Waals surface area contributed by atoms with Crippen molar-refractivity contribution in [2.75, 3.05) is 19.3 Å². The van der Waals surface area contributed by atoms with Gasteiger partial charge in [-0.3, -0.25) is 14.5 Å². The maximum atomic E-state index is 12.1. The maximum absolute atomic E-state index is 12.1. The van der Waals surface area contributed by atoms with Gasteiger partial charge >= 0.3 is 0 Å². The lowest BCUT2D eigenvalue weighted by Crippen LogP contribution is -2.35. The van der Waals surface area contributed by atoms with E-state index in [0.717, 1.165) is 17.0 Å². The van der Waals surface area contributed by atoms with Gasteiger partial charge in [0.05, 0.1) is 11.9 Å². The molecular weight excluding hydrogens is 342 g/mol. The van der Waals surface area contributed by atoms with Crippen molar-refractivity contribution in [2.45, 2.75) is 19.4 Å². The standard InChI is InChI=1S/C16H21N5O3S/c1-20-15-6-10-21(25(2,23)24)11-13(15)14(19-20)5-9-18-16(22)12-3-7-17-8-4-12/h3-4,7-8H,5-6,9-11H2,1-2H3,(H,18,22). The maximum Gasteiger partial charge on any atom is 0.251 e. The van der Waals surface area contributed by atoms with Gasteiger partial charge < -0.3 is 5.32 Å². The zero-order chi connectivity index (χ0) is 18.0. The zero-order valence-electron chi connectivity index (χ0n) is 14.3. The van der Waals surface area contributed by atoms with Crippen LogP contribution in [0.15, 0.2) is 24.5 Å². The molecule has 0 radical (unpaired) electrons. The summed E-state index contributed by atoms with van der Waals surface area (Å²) in [6, 6.07) is 3.31. The molecule has 3 heterocycles. The van der Waals surface area contributed by atoms with E-state index in [4.69, 9.17) is 0 Å². The summed E-state index contributed by atoms with van der Waals surface area (Å²) >= 11 is 0. The number of carbonyl (C=O) groups is 1. The highest BCUT2D eigenvalue weighted by atomic mass is 32.2. The van der Waals surface area contributed by atoms with Crippen molar-refractivity contribution < 1.29 is 13.2 Å². The first kappa shape index (κ1) is 17.6. The van der Waals surface area contributed by atoms with Crippen LogP contribution in [0.4, 0.5) is 0 Å². The minimum absolute atomic E-state index is 0.162. The summed E-state index contributed by atoms with van der Waals surface area (Å²) in [6.45, 7) is 1.25. The van der Waals surface area contributed by atoms with Crippen molar-refractivity contribution in [2.24, 2.45) is 7.05 Å². The lowest BCUT2D eigenvalue weighted by molar-refractivity contribution is 0.0954. The number of sulfonamides is 1. The van der Waals surface area contributed by atoms with Crippen LogP contribution in [0.2, 0.25) is 0 Å². The third kappa shape index (κ3) is 3.88. The molecule has 9 heteroatoms. The van der Waals surface area contributed by atoms with E-state index in [9.17, 15) is 13.2 Å². The van der Waals surface area contributed by atoms with Gasteiger partial charge in [-0.05, 0) is 12.1 Å². The molecular formula is C16H21N5O3S. The summed E-state index contributed by atoms with van der Waals surface area (Å²) in [5.41, 5.74) is 3.41. The topological polar surface area (TPSA) is 97.2 Å². The van der Waals surface area contributed by atoms with Gasteiger partial charge in [-0.25, -0.2) is 8.42 Å². The molecule has 0 saturated carbocycles. The van der Waals surface area contributed by atoms with E-state index in [2.05, 4.69) is 15.4 Å². The van der Waals surface area contributed by atoms with E-state index in [1.54, 1.807) is 24.5 Å². The van der Waals surface area contributed by atoms with Crippen LogP contribution in [0.5, 0.6) is 0 Å². The Kier molecular flexibility index (Phi) is 4.87. The van der Waals surface area contributed by atoms with E-state index in [-0.39, 0.29) is 5.91 Å². The lowest BCUT2D eigenvalue weighted by atomic mass is 10.1. The predicted molar refractivity (Wildman–Crippen MR) is 92.4 cm³/mol. The predicted octanol–water partition coefficient (Wildman–Crippen LogP) is 0.105. The number of fused-ring (bicyclic) bond motifs is 1. The summed E-state index contributed by atoms with van der Waals surface area (Å²) in [5.74, 6) is -0.162. The van der Waals surface area contributed by atoms with Gasteiger partial charge in [0.25, 0.3) is 5.91 Å². The summed E-state index contributed by atoms with van der Waals surface area (Å²) in [5, 5.41) is 7.37. The summed E-state index contributed by atoms with van der Waals surface area (Å²) in [6.07, 6.45) is 5.57. The Morgan fingerprint density at radius 1 is 1.32 bits per heavy atom. The Hall–Kier alpha value is -2.26. The molecule has 0 spiro atoms. The molecule has 8 nitrogen and oxygen atoms in total. The smallest absolute Gasteiger partial charge is 0.251 e. The lowest BCUT2D eigenvalue weighted by Gasteiger charge is -2.25. The molecule has 3 rings (SSSR count). The molecule has 134 valence electrons. The van der Waals surface area contributed by atoms with Gasteiger partial charge in [-0.15, -0.1) is 0 Å². The molecule has 1 aliphatic heterocycles. The van der Waals surface area contributed by atoms with Crippen LogP contribution in [-0.2, 0) is 36.5 Å². The Morgan fingerprint density at radius 2 is 2.04 bits per heavy atom. The Bertz CT molecular complexity index is 877.